The summed E-state index contributed by atoms with van der Waals surface area (Å²) in [4.78, 5) is 16.4. The van der Waals surface area contributed by atoms with Crippen molar-refractivity contribution in [2.75, 3.05) is 5.32 Å². The number of amides is 1. The molecule has 1 amide bonds. The first-order chi connectivity index (χ1) is 16.3. The van der Waals surface area contributed by atoms with E-state index in [0.29, 0.717) is 47.5 Å². The van der Waals surface area contributed by atoms with Crippen molar-refractivity contribution in [2.45, 2.75) is 43.9 Å². The van der Waals surface area contributed by atoms with E-state index in [1.807, 2.05) is 18.2 Å². The molecule has 0 unspecified atom stereocenters. The van der Waals surface area contributed by atoms with E-state index < -0.39 is 11.9 Å². The number of hydrogen-bond donors (Lipinski definition) is 2. The summed E-state index contributed by atoms with van der Waals surface area (Å²) in [6.07, 6.45) is 0.0241. The largest absolute Gasteiger partial charge is 0.433 e. The zero-order chi connectivity index (χ0) is 23.9. The van der Waals surface area contributed by atoms with Crippen LogP contribution in [-0.2, 0) is 6.18 Å². The molecule has 3 heterocycles. The van der Waals surface area contributed by atoms with E-state index in [0.717, 1.165) is 11.6 Å². The Morgan fingerprint density at radius 1 is 1.03 bits per heavy atom. The van der Waals surface area contributed by atoms with Gasteiger partial charge in [0.1, 0.15) is 5.69 Å². The predicted molar refractivity (Wildman–Crippen MR) is 124 cm³/mol. The quantitative estimate of drug-likeness (QED) is 0.387. The molecule has 6 nitrogen and oxygen atoms in total. The van der Waals surface area contributed by atoms with Crippen LogP contribution in [0.15, 0.2) is 54.7 Å². The molecule has 0 spiro atoms. The summed E-state index contributed by atoms with van der Waals surface area (Å²) in [6.45, 7) is 0. The van der Waals surface area contributed by atoms with Crippen LogP contribution >= 0.6 is 11.6 Å². The summed E-state index contributed by atoms with van der Waals surface area (Å²) in [6, 6.07) is 12.9. The molecule has 0 radical (unpaired) electrons. The Kier molecular flexibility index (Phi) is 5.81. The molecule has 1 aromatic carbocycles. The first-order valence-electron chi connectivity index (χ1n) is 11.0. The van der Waals surface area contributed by atoms with Gasteiger partial charge in [-0.3, -0.25) is 4.79 Å². The fraction of sp³-hybridized carbons (Fsp3) is 0.292. The number of nitrogens with one attached hydrogen (secondary N) is 2. The molecule has 1 saturated carbocycles. The normalized spacial score (nSPS) is 18.8. The van der Waals surface area contributed by atoms with Gasteiger partial charge < -0.3 is 10.6 Å². The lowest BCUT2D eigenvalue weighted by atomic mass is 9.90. The molecule has 0 atom stereocenters. The molecule has 5 rings (SSSR count). The maximum atomic E-state index is 13.4. The van der Waals surface area contributed by atoms with Crippen LogP contribution < -0.4 is 10.6 Å². The molecule has 0 bridgehead atoms. The fourth-order valence-electron chi connectivity index (χ4n) is 4.37. The average molecular weight is 488 g/mol. The number of alkyl halides is 3. The van der Waals surface area contributed by atoms with Gasteiger partial charge in [0.15, 0.2) is 5.69 Å². The van der Waals surface area contributed by atoms with E-state index in [1.165, 1.54) is 12.1 Å². The third-order valence-electron chi connectivity index (χ3n) is 6.09. The second-order valence-corrected chi connectivity index (χ2v) is 8.92. The average Bonchev–Trinajstić information content (AvgIpc) is 3.24. The van der Waals surface area contributed by atoms with Crippen molar-refractivity contribution in [3.63, 3.8) is 0 Å². The van der Waals surface area contributed by atoms with Gasteiger partial charge in [0, 0.05) is 34.4 Å². The Labute approximate surface area is 198 Å². The number of hydrogen-bond acceptors (Lipinski definition) is 4. The van der Waals surface area contributed by atoms with Gasteiger partial charge in [-0.2, -0.15) is 18.3 Å². The van der Waals surface area contributed by atoms with Gasteiger partial charge in [0.25, 0.3) is 5.91 Å². The molecule has 1 fully saturated rings. The van der Waals surface area contributed by atoms with E-state index in [2.05, 4.69) is 20.7 Å². The maximum Gasteiger partial charge on any atom is 0.433 e. The number of anilines is 1. The minimum absolute atomic E-state index is 0.0234. The molecule has 0 saturated heterocycles. The van der Waals surface area contributed by atoms with Crippen LogP contribution in [0.3, 0.4) is 0 Å². The summed E-state index contributed by atoms with van der Waals surface area (Å²) in [5.74, 6) is -0.232. The summed E-state index contributed by atoms with van der Waals surface area (Å²) in [7, 11) is 0. The summed E-state index contributed by atoms with van der Waals surface area (Å²) < 4.78 is 41.8. The van der Waals surface area contributed by atoms with Crippen molar-refractivity contribution in [1.29, 1.82) is 0 Å². The molecular formula is C24H21ClF3N5O. The molecule has 10 heteroatoms. The zero-order valence-corrected chi connectivity index (χ0v) is 18.7. The van der Waals surface area contributed by atoms with Gasteiger partial charge in [-0.05, 0) is 68.1 Å². The minimum atomic E-state index is -4.55. The Hall–Kier alpha value is -3.33. The van der Waals surface area contributed by atoms with Crippen LogP contribution in [-0.4, -0.2) is 32.6 Å². The number of carbonyl (C=O) groups excluding carboxylic acids is 1. The van der Waals surface area contributed by atoms with Crippen molar-refractivity contribution in [3.8, 4) is 0 Å². The number of carbonyl (C=O) groups is 1. The standard InChI is InChI=1S/C24H21ClF3N5O/c25-14-4-9-19-18(11-14)20(13-22(31-19)24(26,27)28)29-15-5-7-16(8-6-15)30-23(34)21-12-17-3-1-2-10-33(17)32-21/h1-4,9-13,15-16H,5-8H2,(H,29,31)(H,30,34)/t15-,16+. The number of pyridine rings is 2. The fourth-order valence-corrected chi connectivity index (χ4v) is 4.55. The molecule has 1 aliphatic carbocycles. The molecule has 34 heavy (non-hydrogen) atoms. The second-order valence-electron chi connectivity index (χ2n) is 8.48. The number of fused-ring (bicyclic) bond motifs is 2. The van der Waals surface area contributed by atoms with Gasteiger partial charge in [0.2, 0.25) is 0 Å². The lowest BCUT2D eigenvalue weighted by Crippen LogP contribution is -2.40. The summed E-state index contributed by atoms with van der Waals surface area (Å²) in [5.41, 5.74) is 0.833. The lowest BCUT2D eigenvalue weighted by Gasteiger charge is -2.30. The van der Waals surface area contributed by atoms with Crippen LogP contribution in [0.2, 0.25) is 5.02 Å². The summed E-state index contributed by atoms with van der Waals surface area (Å²) >= 11 is 6.08. The SMILES string of the molecule is O=C(N[C@H]1CC[C@@H](Nc2cc(C(F)(F)F)nc3ccc(Cl)cc23)CC1)c1cc2ccccn2n1. The molecule has 1 aliphatic rings. The van der Waals surface area contributed by atoms with E-state index in [4.69, 9.17) is 11.6 Å². The van der Waals surface area contributed by atoms with Crippen molar-refractivity contribution < 1.29 is 18.0 Å². The van der Waals surface area contributed by atoms with Crippen molar-refractivity contribution >= 4 is 39.6 Å². The highest BCUT2D eigenvalue weighted by atomic mass is 35.5. The second kappa shape index (κ2) is 8.79. The zero-order valence-electron chi connectivity index (χ0n) is 17.9. The lowest BCUT2D eigenvalue weighted by molar-refractivity contribution is -0.140. The highest BCUT2D eigenvalue weighted by Crippen LogP contribution is 2.35. The van der Waals surface area contributed by atoms with Crippen LogP contribution in [0.25, 0.3) is 16.4 Å². The van der Waals surface area contributed by atoms with Crippen molar-refractivity contribution in [1.82, 2.24) is 19.9 Å². The highest BCUT2D eigenvalue weighted by molar-refractivity contribution is 6.31. The van der Waals surface area contributed by atoms with Gasteiger partial charge in [-0.15, -0.1) is 0 Å². The minimum Gasteiger partial charge on any atom is -0.382 e. The van der Waals surface area contributed by atoms with Crippen LogP contribution in [0.4, 0.5) is 18.9 Å². The van der Waals surface area contributed by atoms with E-state index in [9.17, 15) is 18.0 Å². The Balaban J connectivity index is 1.26. The molecule has 2 N–H and O–H groups in total. The number of rotatable bonds is 4. The smallest absolute Gasteiger partial charge is 0.382 e. The van der Waals surface area contributed by atoms with Crippen LogP contribution in [0.5, 0.6) is 0 Å². The van der Waals surface area contributed by atoms with Crippen LogP contribution in [0.1, 0.15) is 41.9 Å². The van der Waals surface area contributed by atoms with E-state index in [1.54, 1.807) is 22.8 Å². The predicted octanol–water partition coefficient (Wildman–Crippen LogP) is 5.71. The molecular weight excluding hydrogens is 467 g/mol. The Morgan fingerprint density at radius 2 is 1.79 bits per heavy atom. The van der Waals surface area contributed by atoms with Gasteiger partial charge >= 0.3 is 6.18 Å². The van der Waals surface area contributed by atoms with E-state index in [-0.39, 0.29) is 23.5 Å². The highest BCUT2D eigenvalue weighted by Gasteiger charge is 2.34. The number of aromatic nitrogens is 3. The monoisotopic (exact) mass is 487 g/mol. The molecule has 3 aromatic heterocycles. The maximum absolute atomic E-state index is 13.4. The number of halogens is 4. The van der Waals surface area contributed by atoms with Crippen LogP contribution in [0, 0.1) is 0 Å². The van der Waals surface area contributed by atoms with Crippen molar-refractivity contribution in [3.05, 3.63) is 71.1 Å². The van der Waals surface area contributed by atoms with E-state index >= 15 is 0 Å². The molecule has 0 aliphatic heterocycles. The number of benzene rings is 1. The van der Waals surface area contributed by atoms with Gasteiger partial charge in [-0.1, -0.05) is 17.7 Å². The van der Waals surface area contributed by atoms with Crippen molar-refractivity contribution in [2.24, 2.45) is 0 Å². The first kappa shape index (κ1) is 22.5. The Bertz CT molecular complexity index is 1330. The van der Waals surface area contributed by atoms with Gasteiger partial charge in [-0.25, -0.2) is 9.50 Å². The number of nitrogens with zero attached hydrogens (tertiary/aromatic N) is 3. The third kappa shape index (κ3) is 4.65. The topological polar surface area (TPSA) is 71.3 Å². The Morgan fingerprint density at radius 3 is 2.53 bits per heavy atom. The summed E-state index contributed by atoms with van der Waals surface area (Å²) in [5, 5.41) is 11.6. The molecule has 176 valence electrons. The third-order valence-corrected chi connectivity index (χ3v) is 6.32. The molecule has 4 aromatic rings. The first-order valence-corrected chi connectivity index (χ1v) is 11.3. The van der Waals surface area contributed by atoms with Gasteiger partial charge in [0.05, 0.1) is 11.0 Å².